The van der Waals surface area contributed by atoms with Crippen LogP contribution in [0.4, 0.5) is 0 Å². The van der Waals surface area contributed by atoms with Crippen LogP contribution in [0.25, 0.3) is 0 Å². The molecule has 0 aliphatic carbocycles. The van der Waals surface area contributed by atoms with E-state index in [1.165, 1.54) is 257 Å². The molecular formula is C75H143NO18. The zero-order valence-corrected chi connectivity index (χ0v) is 59.2. The Morgan fingerprint density at radius 1 is 0.372 bits per heavy atom. The molecule has 0 spiro atoms. The first kappa shape index (κ1) is 86.8. The topological polar surface area (TPSA) is 307 Å². The molecule has 556 valence electrons. The van der Waals surface area contributed by atoms with Gasteiger partial charge in [0.2, 0.25) is 5.91 Å². The van der Waals surface area contributed by atoms with Crippen LogP contribution < -0.4 is 5.32 Å². The third kappa shape index (κ3) is 37.8. The number of unbranched alkanes of at least 4 members (excludes halogenated alkanes) is 46. The van der Waals surface area contributed by atoms with E-state index in [9.17, 15) is 61.0 Å². The van der Waals surface area contributed by atoms with E-state index in [1.807, 2.05) is 6.08 Å². The molecule has 19 nitrogen and oxygen atoms in total. The lowest BCUT2D eigenvalue weighted by Crippen LogP contribution is -2.66. The zero-order chi connectivity index (χ0) is 68.2. The molecule has 17 atom stereocenters. The summed E-state index contributed by atoms with van der Waals surface area (Å²) in [7, 11) is 0. The summed E-state index contributed by atoms with van der Waals surface area (Å²) in [5, 5.41) is 121. The first-order valence-electron chi connectivity index (χ1n) is 38.9. The molecule has 0 bridgehead atoms. The molecule has 3 aliphatic rings. The van der Waals surface area contributed by atoms with E-state index in [0.29, 0.717) is 6.42 Å². The Morgan fingerprint density at radius 2 is 0.660 bits per heavy atom. The van der Waals surface area contributed by atoms with Crippen molar-refractivity contribution in [3.05, 3.63) is 12.2 Å². The number of carbonyl (C=O) groups is 1. The highest BCUT2D eigenvalue weighted by molar-refractivity contribution is 5.76. The fourth-order valence-corrected chi connectivity index (χ4v) is 13.5. The van der Waals surface area contributed by atoms with Crippen LogP contribution >= 0.6 is 0 Å². The molecule has 0 aromatic rings. The minimum atomic E-state index is -1.98. The van der Waals surface area contributed by atoms with Gasteiger partial charge in [0.05, 0.1) is 38.6 Å². The molecule has 0 aromatic heterocycles. The van der Waals surface area contributed by atoms with Crippen LogP contribution in [-0.2, 0) is 33.2 Å². The van der Waals surface area contributed by atoms with E-state index in [-0.39, 0.29) is 18.9 Å². The summed E-state index contributed by atoms with van der Waals surface area (Å²) in [6, 6.07) is -0.970. The molecule has 3 aliphatic heterocycles. The van der Waals surface area contributed by atoms with Crippen LogP contribution in [0, 0.1) is 0 Å². The van der Waals surface area contributed by atoms with Gasteiger partial charge in [0.1, 0.15) is 73.2 Å². The predicted molar refractivity (Wildman–Crippen MR) is 370 cm³/mol. The zero-order valence-electron chi connectivity index (χ0n) is 59.2. The van der Waals surface area contributed by atoms with E-state index in [0.717, 1.165) is 44.9 Å². The third-order valence-electron chi connectivity index (χ3n) is 19.8. The van der Waals surface area contributed by atoms with Crippen molar-refractivity contribution >= 4 is 5.91 Å². The second kappa shape index (κ2) is 57.2. The summed E-state index contributed by atoms with van der Waals surface area (Å²) in [6.07, 6.45) is 39.1. The van der Waals surface area contributed by atoms with Gasteiger partial charge in [-0.3, -0.25) is 4.79 Å². The van der Waals surface area contributed by atoms with Gasteiger partial charge in [-0.25, -0.2) is 0 Å². The van der Waals surface area contributed by atoms with E-state index < -0.39 is 124 Å². The lowest BCUT2D eigenvalue weighted by Gasteiger charge is -2.48. The Bertz CT molecular complexity index is 1750. The summed E-state index contributed by atoms with van der Waals surface area (Å²) < 4.78 is 34.4. The van der Waals surface area contributed by atoms with E-state index in [1.54, 1.807) is 6.08 Å². The van der Waals surface area contributed by atoms with E-state index >= 15 is 0 Å². The fraction of sp³-hybridized carbons (Fsp3) is 0.960. The van der Waals surface area contributed by atoms with Gasteiger partial charge in [-0.1, -0.05) is 315 Å². The Kier molecular flexibility index (Phi) is 52.8. The molecule has 3 saturated heterocycles. The highest BCUT2D eigenvalue weighted by atomic mass is 16.8. The van der Waals surface area contributed by atoms with Crippen molar-refractivity contribution in [2.75, 3.05) is 26.4 Å². The Labute approximate surface area is 569 Å². The number of nitrogens with one attached hydrogen (secondary N) is 1. The number of allylic oxidation sites excluding steroid dienone is 1. The van der Waals surface area contributed by atoms with Crippen LogP contribution in [-0.4, -0.2) is 193 Å². The van der Waals surface area contributed by atoms with Crippen molar-refractivity contribution in [2.24, 2.45) is 0 Å². The fourth-order valence-electron chi connectivity index (χ4n) is 13.5. The van der Waals surface area contributed by atoms with Gasteiger partial charge in [-0.05, 0) is 19.3 Å². The van der Waals surface area contributed by atoms with Crippen LogP contribution in [0.15, 0.2) is 12.2 Å². The second-order valence-electron chi connectivity index (χ2n) is 28.2. The Hall–Kier alpha value is -1.47. The van der Waals surface area contributed by atoms with Gasteiger partial charge in [0.25, 0.3) is 0 Å². The maximum absolute atomic E-state index is 13.5. The van der Waals surface area contributed by atoms with Crippen LogP contribution in [0.3, 0.4) is 0 Å². The normalized spacial score (nSPS) is 27.4. The first-order valence-corrected chi connectivity index (χ1v) is 38.9. The van der Waals surface area contributed by atoms with Crippen LogP contribution in [0.1, 0.15) is 328 Å². The van der Waals surface area contributed by atoms with Crippen molar-refractivity contribution in [3.8, 4) is 0 Å². The molecule has 3 heterocycles. The highest BCUT2D eigenvalue weighted by Gasteiger charge is 2.53. The van der Waals surface area contributed by atoms with Crippen LogP contribution in [0.2, 0.25) is 0 Å². The van der Waals surface area contributed by atoms with Crippen molar-refractivity contribution in [2.45, 2.75) is 433 Å². The number of ether oxygens (including phenoxy) is 6. The highest BCUT2D eigenvalue weighted by Crippen LogP contribution is 2.33. The molecule has 17 unspecified atom stereocenters. The average Bonchev–Trinajstić information content (AvgIpc) is 0.787. The molecule has 94 heavy (non-hydrogen) atoms. The van der Waals surface area contributed by atoms with Gasteiger partial charge in [-0.2, -0.15) is 0 Å². The number of aliphatic hydroxyl groups excluding tert-OH is 11. The number of carbonyl (C=O) groups excluding carboxylic acids is 1. The first-order chi connectivity index (χ1) is 45.8. The van der Waals surface area contributed by atoms with E-state index in [4.69, 9.17) is 28.4 Å². The summed E-state index contributed by atoms with van der Waals surface area (Å²) in [5.41, 5.74) is 0. The summed E-state index contributed by atoms with van der Waals surface area (Å²) >= 11 is 0. The van der Waals surface area contributed by atoms with Crippen molar-refractivity contribution in [1.82, 2.24) is 5.32 Å². The van der Waals surface area contributed by atoms with Gasteiger partial charge in [0, 0.05) is 6.42 Å². The van der Waals surface area contributed by atoms with Gasteiger partial charge in [-0.15, -0.1) is 0 Å². The maximum Gasteiger partial charge on any atom is 0.220 e. The standard InChI is InChI=1S/C75H143NO18/c1-3-5-7-9-11-13-15-17-19-21-23-25-27-28-29-31-32-34-36-38-40-42-44-46-48-50-52-59(80)58(76-63(81)53-51-49-47-45-43-41-39-37-35-33-30-26-24-22-20-18-16-14-12-10-8-6-4-2)57-89-73-69(87)66(84)71(61(55-78)91-73)94-75-70(88)67(85)72(62(56-79)92-75)93-74-68(86)65(83)64(82)60(54-77)90-74/h50,52,58-62,64-75,77-80,82-88H,3-49,51,53-57H2,1-2H3,(H,76,81)/b52-50+. The Morgan fingerprint density at radius 3 is 1.00 bits per heavy atom. The molecule has 0 radical (unpaired) electrons. The lowest BCUT2D eigenvalue weighted by atomic mass is 9.96. The molecule has 19 heteroatoms. The van der Waals surface area contributed by atoms with Gasteiger partial charge in [0.15, 0.2) is 18.9 Å². The lowest BCUT2D eigenvalue weighted by molar-refractivity contribution is -0.379. The largest absolute Gasteiger partial charge is 0.394 e. The number of hydrogen-bond donors (Lipinski definition) is 12. The van der Waals surface area contributed by atoms with Crippen molar-refractivity contribution in [1.29, 1.82) is 0 Å². The van der Waals surface area contributed by atoms with Gasteiger partial charge >= 0.3 is 0 Å². The number of amides is 1. The number of hydrogen-bond acceptors (Lipinski definition) is 18. The monoisotopic (exact) mass is 1350 g/mol. The van der Waals surface area contributed by atoms with Crippen molar-refractivity contribution < 1.29 is 89.4 Å². The maximum atomic E-state index is 13.5. The molecule has 3 rings (SSSR count). The minimum absolute atomic E-state index is 0.250. The van der Waals surface area contributed by atoms with E-state index in [2.05, 4.69) is 19.2 Å². The number of aliphatic hydroxyl groups is 11. The molecule has 3 fully saturated rings. The minimum Gasteiger partial charge on any atom is -0.394 e. The smallest absolute Gasteiger partial charge is 0.220 e. The predicted octanol–water partition coefficient (Wildman–Crippen LogP) is 12.0. The Balaban J connectivity index is 1.40. The molecule has 12 N–H and O–H groups in total. The summed E-state index contributed by atoms with van der Waals surface area (Å²) in [5.74, 6) is -0.267. The summed E-state index contributed by atoms with van der Waals surface area (Å²) in [6.45, 7) is 1.80. The molecule has 1 amide bonds. The average molecular weight is 1350 g/mol. The SMILES string of the molecule is CCCCCCCCCCCCCCCCCCCCCCCCCC/C=C/C(O)C(COC1OC(CO)C(OC2OC(CO)C(OC3OC(CO)C(O)C(O)C3O)C(O)C2O)C(O)C1O)NC(=O)CCCCCCCCCCCCCCCCCCCCCCCCC. The molecule has 0 saturated carbocycles. The number of rotatable bonds is 62. The molecular weight excluding hydrogens is 1200 g/mol. The quantitative estimate of drug-likeness (QED) is 0.0199. The van der Waals surface area contributed by atoms with Crippen molar-refractivity contribution in [3.63, 3.8) is 0 Å². The second-order valence-corrected chi connectivity index (χ2v) is 28.2. The van der Waals surface area contributed by atoms with Gasteiger partial charge < -0.3 is 89.9 Å². The van der Waals surface area contributed by atoms with Crippen LogP contribution in [0.5, 0.6) is 0 Å². The molecule has 0 aromatic carbocycles. The third-order valence-corrected chi connectivity index (χ3v) is 19.8. The summed E-state index contributed by atoms with van der Waals surface area (Å²) in [4.78, 5) is 13.5.